The molecule has 0 radical (unpaired) electrons. The number of carbonyl (C=O) groups is 2. The van der Waals surface area contributed by atoms with E-state index in [0.717, 1.165) is 18.2 Å². The Bertz CT molecular complexity index is 1150. The summed E-state index contributed by atoms with van der Waals surface area (Å²) in [6.07, 6.45) is 1.89. The second kappa shape index (κ2) is 8.57. The molecule has 0 bridgehead atoms. The third kappa shape index (κ3) is 3.90. The van der Waals surface area contributed by atoms with Gasteiger partial charge < -0.3 is 24.1 Å². The van der Waals surface area contributed by atoms with Gasteiger partial charge in [-0.2, -0.15) is 0 Å². The lowest BCUT2D eigenvalue weighted by Crippen LogP contribution is -2.49. The summed E-state index contributed by atoms with van der Waals surface area (Å²) in [6.45, 7) is 2.93. The molecule has 1 fully saturated rings. The van der Waals surface area contributed by atoms with Crippen molar-refractivity contribution in [1.29, 1.82) is 0 Å². The summed E-state index contributed by atoms with van der Waals surface area (Å²) < 4.78 is 17.5. The second-order valence-electron chi connectivity index (χ2n) is 8.13. The largest absolute Gasteiger partial charge is 0.485 e. The van der Waals surface area contributed by atoms with Crippen molar-refractivity contribution in [3.8, 4) is 11.5 Å². The summed E-state index contributed by atoms with van der Waals surface area (Å²) in [5.41, 5.74) is 1.28. The number of para-hydroxylation sites is 3. The molecule has 7 heteroatoms. The van der Waals surface area contributed by atoms with Crippen molar-refractivity contribution in [1.82, 2.24) is 10.2 Å². The SMILES string of the molecule is CCc1oc2ccccc2c1C(=O)NCCN(C(=O)C1COc2ccccc2O1)C1CC1. The molecule has 0 saturated heterocycles. The number of hydrogen-bond acceptors (Lipinski definition) is 5. The fourth-order valence-electron chi connectivity index (χ4n) is 4.16. The minimum absolute atomic E-state index is 0.0979. The van der Waals surface area contributed by atoms with Crippen LogP contribution in [-0.2, 0) is 11.2 Å². The average molecular weight is 434 g/mol. The number of nitrogens with one attached hydrogen (secondary N) is 1. The number of furan rings is 1. The Morgan fingerprint density at radius 1 is 1.06 bits per heavy atom. The lowest BCUT2D eigenvalue weighted by atomic mass is 10.1. The van der Waals surface area contributed by atoms with Crippen molar-refractivity contribution in [3.05, 3.63) is 59.9 Å². The van der Waals surface area contributed by atoms with Crippen LogP contribution in [0, 0.1) is 0 Å². The Morgan fingerprint density at radius 2 is 1.81 bits per heavy atom. The summed E-state index contributed by atoms with van der Waals surface area (Å²) in [5, 5.41) is 3.78. The number of benzene rings is 2. The van der Waals surface area contributed by atoms with Crippen LogP contribution in [0.1, 0.15) is 35.9 Å². The van der Waals surface area contributed by atoms with E-state index < -0.39 is 6.10 Å². The molecule has 2 aliphatic rings. The molecule has 1 aromatic heterocycles. The van der Waals surface area contributed by atoms with Gasteiger partial charge in [-0.1, -0.05) is 37.3 Å². The van der Waals surface area contributed by atoms with E-state index in [4.69, 9.17) is 13.9 Å². The number of hydrogen-bond donors (Lipinski definition) is 1. The second-order valence-corrected chi connectivity index (χ2v) is 8.13. The van der Waals surface area contributed by atoms with Crippen molar-refractivity contribution in [3.63, 3.8) is 0 Å². The van der Waals surface area contributed by atoms with E-state index in [-0.39, 0.29) is 24.5 Å². The van der Waals surface area contributed by atoms with E-state index in [0.29, 0.717) is 47.9 Å². The van der Waals surface area contributed by atoms with Crippen LogP contribution in [0.3, 0.4) is 0 Å². The number of amides is 2. The van der Waals surface area contributed by atoms with Crippen molar-refractivity contribution in [2.45, 2.75) is 38.3 Å². The van der Waals surface area contributed by atoms with Gasteiger partial charge in [0.05, 0.1) is 5.56 Å². The predicted octanol–water partition coefficient (Wildman–Crippen LogP) is 3.56. The van der Waals surface area contributed by atoms with Gasteiger partial charge in [0.25, 0.3) is 11.8 Å². The van der Waals surface area contributed by atoms with Crippen LogP contribution in [0.5, 0.6) is 11.5 Å². The van der Waals surface area contributed by atoms with Crippen molar-refractivity contribution >= 4 is 22.8 Å². The third-order valence-electron chi connectivity index (χ3n) is 5.91. The van der Waals surface area contributed by atoms with Gasteiger partial charge in [-0.05, 0) is 31.0 Å². The molecule has 1 N–H and O–H groups in total. The predicted molar refractivity (Wildman–Crippen MR) is 119 cm³/mol. The molecular weight excluding hydrogens is 408 g/mol. The van der Waals surface area contributed by atoms with Crippen LogP contribution < -0.4 is 14.8 Å². The zero-order valence-corrected chi connectivity index (χ0v) is 18.0. The fraction of sp³-hybridized carbons (Fsp3) is 0.360. The molecule has 1 unspecified atom stereocenters. The minimum atomic E-state index is -0.675. The quantitative estimate of drug-likeness (QED) is 0.615. The molecule has 0 spiro atoms. The number of aryl methyl sites for hydroxylation is 1. The molecule has 5 rings (SSSR count). The Morgan fingerprint density at radius 3 is 2.59 bits per heavy atom. The standard InChI is InChI=1S/C25H26N2O5/c1-2-18-23(17-7-3-4-8-19(17)31-18)24(28)26-13-14-27(16-11-12-16)25(29)22-15-30-20-9-5-6-10-21(20)32-22/h3-10,16,22H,2,11-15H2,1H3,(H,26,28). The van der Waals surface area contributed by atoms with Gasteiger partial charge in [-0.3, -0.25) is 9.59 Å². The molecule has 166 valence electrons. The maximum atomic E-state index is 13.2. The zero-order chi connectivity index (χ0) is 22.1. The van der Waals surface area contributed by atoms with Gasteiger partial charge in [-0.15, -0.1) is 0 Å². The first-order chi connectivity index (χ1) is 15.7. The molecule has 32 heavy (non-hydrogen) atoms. The van der Waals surface area contributed by atoms with Crippen LogP contribution in [0.2, 0.25) is 0 Å². The van der Waals surface area contributed by atoms with Gasteiger partial charge in [0, 0.05) is 30.9 Å². The Labute approximate surface area is 186 Å². The molecule has 3 aromatic rings. The average Bonchev–Trinajstić information content (AvgIpc) is 3.60. The highest BCUT2D eigenvalue weighted by molar-refractivity contribution is 6.07. The maximum absolute atomic E-state index is 13.2. The fourth-order valence-corrected chi connectivity index (χ4v) is 4.16. The molecule has 1 atom stereocenters. The van der Waals surface area contributed by atoms with Gasteiger partial charge >= 0.3 is 0 Å². The Balaban J connectivity index is 1.24. The van der Waals surface area contributed by atoms with E-state index in [1.54, 1.807) is 6.07 Å². The van der Waals surface area contributed by atoms with Crippen LogP contribution >= 0.6 is 0 Å². The van der Waals surface area contributed by atoms with E-state index in [1.165, 1.54) is 0 Å². The van der Waals surface area contributed by atoms with Crippen molar-refractivity contribution in [2.75, 3.05) is 19.7 Å². The van der Waals surface area contributed by atoms with Crippen LogP contribution in [0.4, 0.5) is 0 Å². The van der Waals surface area contributed by atoms with Crippen LogP contribution in [0.25, 0.3) is 11.0 Å². The molecule has 2 heterocycles. The molecule has 2 amide bonds. The van der Waals surface area contributed by atoms with Crippen LogP contribution in [0.15, 0.2) is 52.9 Å². The van der Waals surface area contributed by atoms with E-state index in [9.17, 15) is 9.59 Å². The van der Waals surface area contributed by atoms with E-state index >= 15 is 0 Å². The summed E-state index contributed by atoms with van der Waals surface area (Å²) >= 11 is 0. The van der Waals surface area contributed by atoms with Gasteiger partial charge in [0.15, 0.2) is 11.5 Å². The highest BCUT2D eigenvalue weighted by atomic mass is 16.6. The first kappa shape index (κ1) is 20.4. The molecule has 1 aliphatic heterocycles. The van der Waals surface area contributed by atoms with Crippen molar-refractivity contribution < 1.29 is 23.5 Å². The minimum Gasteiger partial charge on any atom is -0.485 e. The maximum Gasteiger partial charge on any atom is 0.267 e. The highest BCUT2D eigenvalue weighted by Crippen LogP contribution is 2.33. The summed E-state index contributed by atoms with van der Waals surface area (Å²) in [5.74, 6) is 1.63. The smallest absolute Gasteiger partial charge is 0.267 e. The lowest BCUT2D eigenvalue weighted by Gasteiger charge is -2.31. The molecule has 2 aromatic carbocycles. The number of nitrogens with zero attached hydrogens (tertiary/aromatic N) is 1. The first-order valence-electron chi connectivity index (χ1n) is 11.1. The number of rotatable bonds is 7. The molecule has 7 nitrogen and oxygen atoms in total. The normalized spacial score (nSPS) is 17.2. The topological polar surface area (TPSA) is 81.0 Å². The zero-order valence-electron chi connectivity index (χ0n) is 18.0. The number of carbonyl (C=O) groups excluding carboxylic acids is 2. The Hall–Kier alpha value is -3.48. The highest BCUT2D eigenvalue weighted by Gasteiger charge is 2.38. The third-order valence-corrected chi connectivity index (χ3v) is 5.91. The summed E-state index contributed by atoms with van der Waals surface area (Å²) in [6, 6.07) is 15.1. The molecule has 1 aliphatic carbocycles. The Kier molecular flexibility index (Phi) is 5.47. The summed E-state index contributed by atoms with van der Waals surface area (Å²) in [4.78, 5) is 27.9. The van der Waals surface area contributed by atoms with E-state index in [2.05, 4.69) is 5.32 Å². The number of fused-ring (bicyclic) bond motifs is 2. The van der Waals surface area contributed by atoms with Crippen LogP contribution in [-0.4, -0.2) is 48.6 Å². The number of ether oxygens (including phenoxy) is 2. The van der Waals surface area contributed by atoms with Crippen molar-refractivity contribution in [2.24, 2.45) is 0 Å². The van der Waals surface area contributed by atoms with Gasteiger partial charge in [0.2, 0.25) is 6.10 Å². The van der Waals surface area contributed by atoms with Gasteiger partial charge in [0.1, 0.15) is 18.0 Å². The first-order valence-corrected chi connectivity index (χ1v) is 11.1. The molecule has 1 saturated carbocycles. The van der Waals surface area contributed by atoms with Gasteiger partial charge in [-0.25, -0.2) is 0 Å². The van der Waals surface area contributed by atoms with E-state index in [1.807, 2.05) is 54.3 Å². The lowest BCUT2D eigenvalue weighted by molar-refractivity contribution is -0.141. The summed E-state index contributed by atoms with van der Waals surface area (Å²) in [7, 11) is 0. The monoisotopic (exact) mass is 434 g/mol. The molecular formula is C25H26N2O5.